The molecule has 0 radical (unpaired) electrons. The summed E-state index contributed by atoms with van der Waals surface area (Å²) in [5.41, 5.74) is 10.5. The molecule has 0 heterocycles. The van der Waals surface area contributed by atoms with Crippen LogP contribution in [0.3, 0.4) is 0 Å². The topological polar surface area (TPSA) is 64.1 Å². The minimum Gasteiger partial charge on any atom is -0.372 e. The molecule has 0 saturated heterocycles. The minimum atomic E-state index is -4.26. The Balaban J connectivity index is 1.45. The Bertz CT molecular complexity index is 1900. The van der Waals surface area contributed by atoms with Gasteiger partial charge >= 0.3 is 0 Å². The van der Waals surface area contributed by atoms with Gasteiger partial charge in [0.1, 0.15) is 0 Å². The van der Waals surface area contributed by atoms with Gasteiger partial charge in [-0.05, 0) is 111 Å². The summed E-state index contributed by atoms with van der Waals surface area (Å²) in [4.78, 5) is 6.88. The zero-order valence-corrected chi connectivity index (χ0v) is 30.2. The molecule has 1 N–H and O–H groups in total. The van der Waals surface area contributed by atoms with E-state index < -0.39 is 10.1 Å². The Morgan fingerprint density at radius 2 is 0.918 bits per heavy atom. The normalized spacial score (nSPS) is 12.0. The SMILES string of the molecule is CCN(CC)c1ccc(C(c2ccc(N(CC)Cc3cccc(C)c3)cc2)c2ccc(N(CC)Cc3cccc(S(=O)(=O)O)c3)cc2)cc1. The van der Waals surface area contributed by atoms with E-state index in [2.05, 4.69) is 146 Å². The lowest BCUT2D eigenvalue weighted by atomic mass is 9.85. The number of benzene rings is 5. The maximum absolute atomic E-state index is 11.7. The van der Waals surface area contributed by atoms with Gasteiger partial charge in [-0.3, -0.25) is 4.55 Å². The summed E-state index contributed by atoms with van der Waals surface area (Å²) in [5, 5.41) is 0. The van der Waals surface area contributed by atoms with Crippen LogP contribution in [0.4, 0.5) is 17.1 Å². The smallest absolute Gasteiger partial charge is 0.294 e. The Morgan fingerprint density at radius 1 is 0.531 bits per heavy atom. The summed E-state index contributed by atoms with van der Waals surface area (Å²) in [7, 11) is -4.26. The maximum atomic E-state index is 11.7. The average Bonchev–Trinajstić information content (AvgIpc) is 3.11. The molecule has 0 aliphatic heterocycles. The average molecular weight is 676 g/mol. The highest BCUT2D eigenvalue weighted by Crippen LogP contribution is 2.35. The van der Waals surface area contributed by atoms with Crippen LogP contribution in [0.15, 0.2) is 126 Å². The monoisotopic (exact) mass is 675 g/mol. The Morgan fingerprint density at radius 3 is 1.31 bits per heavy atom. The lowest BCUT2D eigenvalue weighted by molar-refractivity contribution is 0.483. The van der Waals surface area contributed by atoms with Crippen molar-refractivity contribution in [2.45, 2.75) is 58.5 Å². The molecule has 5 aromatic rings. The number of hydrogen-bond acceptors (Lipinski definition) is 5. The van der Waals surface area contributed by atoms with E-state index in [1.54, 1.807) is 6.07 Å². The second kappa shape index (κ2) is 16.2. The van der Waals surface area contributed by atoms with Crippen molar-refractivity contribution < 1.29 is 13.0 Å². The minimum absolute atomic E-state index is 0.0437. The van der Waals surface area contributed by atoms with E-state index >= 15 is 0 Å². The number of nitrogens with zero attached hydrogens (tertiary/aromatic N) is 3. The van der Waals surface area contributed by atoms with Crippen molar-refractivity contribution in [1.82, 2.24) is 0 Å². The molecule has 0 amide bonds. The largest absolute Gasteiger partial charge is 0.372 e. The molecule has 0 aromatic heterocycles. The van der Waals surface area contributed by atoms with Crippen molar-refractivity contribution in [2.75, 3.05) is 40.9 Å². The fourth-order valence-corrected chi connectivity index (χ4v) is 7.18. The van der Waals surface area contributed by atoms with Gasteiger partial charge in [0.2, 0.25) is 0 Å². The van der Waals surface area contributed by atoms with Gasteiger partial charge in [0, 0.05) is 62.2 Å². The van der Waals surface area contributed by atoms with Crippen molar-refractivity contribution in [3.8, 4) is 0 Å². The van der Waals surface area contributed by atoms with Crippen LogP contribution < -0.4 is 14.7 Å². The summed E-state index contributed by atoms with van der Waals surface area (Å²) in [6.45, 7) is 15.8. The molecule has 0 saturated carbocycles. The van der Waals surface area contributed by atoms with Crippen LogP contribution in [0.25, 0.3) is 0 Å². The summed E-state index contributed by atoms with van der Waals surface area (Å²) < 4.78 is 33.0. The predicted molar refractivity (Wildman–Crippen MR) is 205 cm³/mol. The van der Waals surface area contributed by atoms with Gasteiger partial charge in [0.15, 0.2) is 0 Å². The molecule has 0 spiro atoms. The fourth-order valence-electron chi connectivity index (χ4n) is 6.63. The first-order valence-corrected chi connectivity index (χ1v) is 18.7. The van der Waals surface area contributed by atoms with Crippen LogP contribution in [0.1, 0.15) is 67.0 Å². The van der Waals surface area contributed by atoms with Gasteiger partial charge < -0.3 is 14.7 Å². The first-order valence-electron chi connectivity index (χ1n) is 17.3. The molecule has 1 unspecified atom stereocenters. The quantitative estimate of drug-likeness (QED) is 0.0882. The van der Waals surface area contributed by atoms with Crippen molar-refractivity contribution in [2.24, 2.45) is 0 Å². The predicted octanol–water partition coefficient (Wildman–Crippen LogP) is 9.32. The first-order chi connectivity index (χ1) is 23.6. The van der Waals surface area contributed by atoms with Crippen LogP contribution in [-0.4, -0.2) is 39.1 Å². The molecule has 256 valence electrons. The lowest BCUT2D eigenvalue weighted by Crippen LogP contribution is -2.22. The third-order valence-corrected chi connectivity index (χ3v) is 10.2. The summed E-state index contributed by atoms with van der Waals surface area (Å²) in [6.07, 6.45) is 0. The standard InChI is InChI=1S/C42H49N3O3S/c1-6-43(7-2)38-22-16-35(17-23-38)42(36-18-24-39(25-19-36)44(8-3)30-33-13-10-12-32(5)28-33)37-20-26-40(27-21-37)45(9-4)31-34-14-11-15-41(29-34)49(46,47)48/h10-29,42H,6-9,30-31H2,1-5H3,(H,46,47,48). The Hall–Kier alpha value is -4.59. The van der Waals surface area contributed by atoms with Crippen molar-refractivity contribution >= 4 is 27.2 Å². The highest BCUT2D eigenvalue weighted by molar-refractivity contribution is 7.85. The molecule has 0 bridgehead atoms. The number of rotatable bonds is 15. The van der Waals surface area contributed by atoms with Gasteiger partial charge in [-0.15, -0.1) is 0 Å². The number of hydrogen-bond donors (Lipinski definition) is 1. The molecule has 1 atom stereocenters. The van der Waals surface area contributed by atoms with Gasteiger partial charge in [0.25, 0.3) is 10.1 Å². The summed E-state index contributed by atoms with van der Waals surface area (Å²) in [6, 6.07) is 42.0. The molecule has 6 nitrogen and oxygen atoms in total. The van der Waals surface area contributed by atoms with E-state index in [0.29, 0.717) is 6.54 Å². The van der Waals surface area contributed by atoms with E-state index in [1.165, 1.54) is 51.3 Å². The van der Waals surface area contributed by atoms with E-state index in [4.69, 9.17) is 0 Å². The van der Waals surface area contributed by atoms with Crippen LogP contribution >= 0.6 is 0 Å². The van der Waals surface area contributed by atoms with Gasteiger partial charge in [0.05, 0.1) is 4.90 Å². The molecular formula is C42H49N3O3S. The molecule has 49 heavy (non-hydrogen) atoms. The molecule has 0 aliphatic rings. The second-order valence-electron chi connectivity index (χ2n) is 12.5. The van der Waals surface area contributed by atoms with Crippen molar-refractivity contribution in [1.29, 1.82) is 0 Å². The maximum Gasteiger partial charge on any atom is 0.294 e. The fraction of sp³-hybridized carbons (Fsp3) is 0.286. The van der Waals surface area contributed by atoms with Gasteiger partial charge in [-0.2, -0.15) is 8.42 Å². The van der Waals surface area contributed by atoms with Gasteiger partial charge in [-0.25, -0.2) is 0 Å². The van der Waals surface area contributed by atoms with E-state index in [-0.39, 0.29) is 10.8 Å². The molecular weight excluding hydrogens is 627 g/mol. The lowest BCUT2D eigenvalue weighted by Gasteiger charge is -2.27. The molecule has 0 aliphatic carbocycles. The highest BCUT2D eigenvalue weighted by Gasteiger charge is 2.19. The van der Waals surface area contributed by atoms with E-state index in [9.17, 15) is 13.0 Å². The number of anilines is 3. The van der Waals surface area contributed by atoms with Crippen LogP contribution in [0, 0.1) is 6.92 Å². The third-order valence-electron chi connectivity index (χ3n) is 9.33. The van der Waals surface area contributed by atoms with E-state index in [0.717, 1.165) is 44.0 Å². The van der Waals surface area contributed by atoms with Crippen molar-refractivity contribution in [3.63, 3.8) is 0 Å². The Labute approximate surface area is 293 Å². The highest BCUT2D eigenvalue weighted by atomic mass is 32.2. The first kappa shape index (κ1) is 35.7. The summed E-state index contributed by atoms with van der Waals surface area (Å²) in [5.74, 6) is 0.0437. The summed E-state index contributed by atoms with van der Waals surface area (Å²) >= 11 is 0. The molecule has 5 aromatic carbocycles. The molecule has 7 heteroatoms. The van der Waals surface area contributed by atoms with Gasteiger partial charge in [-0.1, -0.05) is 78.4 Å². The van der Waals surface area contributed by atoms with E-state index in [1.807, 2.05) is 6.07 Å². The second-order valence-corrected chi connectivity index (χ2v) is 13.9. The molecule has 0 fully saturated rings. The van der Waals surface area contributed by atoms with Crippen LogP contribution in [0.2, 0.25) is 0 Å². The Kier molecular flexibility index (Phi) is 11.8. The number of aryl methyl sites for hydroxylation is 1. The van der Waals surface area contributed by atoms with Crippen LogP contribution in [0.5, 0.6) is 0 Å². The third kappa shape index (κ3) is 8.91. The van der Waals surface area contributed by atoms with Crippen molar-refractivity contribution in [3.05, 3.63) is 155 Å². The zero-order valence-electron chi connectivity index (χ0n) is 29.4. The van der Waals surface area contributed by atoms with Crippen LogP contribution in [-0.2, 0) is 23.2 Å². The zero-order chi connectivity index (χ0) is 35.0. The molecule has 5 rings (SSSR count).